The molecule has 2 aromatic heterocycles. The Hall–Kier alpha value is -1.92. The molecule has 5 nitrogen and oxygen atoms in total. The number of thiophene rings is 1. The third-order valence-corrected chi connectivity index (χ3v) is 4.59. The number of anilines is 1. The number of carbonyl (C=O) groups is 2. The summed E-state index contributed by atoms with van der Waals surface area (Å²) in [7, 11) is 0. The van der Waals surface area contributed by atoms with E-state index in [1.165, 1.54) is 17.5 Å². The van der Waals surface area contributed by atoms with E-state index in [2.05, 4.69) is 10.3 Å². The number of ether oxygens (including phenoxy) is 1. The molecule has 0 saturated carbocycles. The predicted molar refractivity (Wildman–Crippen MR) is 91.5 cm³/mol. The second-order valence-electron chi connectivity index (χ2n) is 5.24. The van der Waals surface area contributed by atoms with Gasteiger partial charge < -0.3 is 10.1 Å². The highest BCUT2D eigenvalue weighted by Gasteiger charge is 2.24. The minimum atomic E-state index is -0.450. The smallest absolute Gasteiger partial charge is 0.341 e. The van der Waals surface area contributed by atoms with Crippen LogP contribution >= 0.6 is 22.9 Å². The van der Waals surface area contributed by atoms with Crippen molar-refractivity contribution in [2.24, 2.45) is 0 Å². The first-order valence-electron chi connectivity index (χ1n) is 7.04. The third-order valence-electron chi connectivity index (χ3n) is 3.16. The highest BCUT2D eigenvalue weighted by atomic mass is 35.5. The van der Waals surface area contributed by atoms with Crippen molar-refractivity contribution in [3.63, 3.8) is 0 Å². The van der Waals surface area contributed by atoms with Crippen LogP contribution in [0, 0.1) is 13.8 Å². The van der Waals surface area contributed by atoms with Crippen molar-refractivity contribution in [3.8, 4) is 0 Å². The number of halogens is 1. The average molecular weight is 353 g/mol. The van der Waals surface area contributed by atoms with Crippen LogP contribution in [0.15, 0.2) is 18.3 Å². The molecule has 0 aliphatic heterocycles. The number of nitrogens with zero attached hydrogens (tertiary/aromatic N) is 1. The summed E-state index contributed by atoms with van der Waals surface area (Å²) in [5.41, 5.74) is 1.43. The van der Waals surface area contributed by atoms with Gasteiger partial charge in [-0.05, 0) is 45.4 Å². The molecular formula is C16H17ClN2O3S. The van der Waals surface area contributed by atoms with Crippen LogP contribution in [0.1, 0.15) is 45.0 Å². The lowest BCUT2D eigenvalue weighted by Crippen LogP contribution is -2.17. The van der Waals surface area contributed by atoms with E-state index in [9.17, 15) is 9.59 Å². The van der Waals surface area contributed by atoms with Gasteiger partial charge in [0.15, 0.2) is 0 Å². The second-order valence-corrected chi connectivity index (χ2v) is 6.82. The number of aromatic nitrogens is 1. The van der Waals surface area contributed by atoms with Crippen molar-refractivity contribution < 1.29 is 14.3 Å². The number of aryl methyl sites for hydroxylation is 1. The maximum atomic E-state index is 12.4. The fourth-order valence-electron chi connectivity index (χ4n) is 1.96. The van der Waals surface area contributed by atoms with Gasteiger partial charge in [0.25, 0.3) is 5.91 Å². The summed E-state index contributed by atoms with van der Waals surface area (Å²) >= 11 is 7.26. The van der Waals surface area contributed by atoms with Crippen molar-refractivity contribution >= 4 is 39.8 Å². The molecule has 1 N–H and O–H groups in total. The lowest BCUT2D eigenvalue weighted by Gasteiger charge is -2.10. The first kappa shape index (κ1) is 17.4. The minimum Gasteiger partial charge on any atom is -0.459 e. The molecule has 0 unspecified atom stereocenters. The molecular weight excluding hydrogens is 336 g/mol. The summed E-state index contributed by atoms with van der Waals surface area (Å²) in [5, 5.41) is 3.30. The fourth-order valence-corrected chi connectivity index (χ4v) is 3.21. The summed E-state index contributed by atoms with van der Waals surface area (Å²) < 4.78 is 5.26. The van der Waals surface area contributed by atoms with E-state index >= 15 is 0 Å². The predicted octanol–water partition coefficient (Wildman–Crippen LogP) is 4.23. The molecule has 0 bridgehead atoms. The Morgan fingerprint density at radius 1 is 1.35 bits per heavy atom. The highest BCUT2D eigenvalue weighted by Crippen LogP contribution is 2.33. The van der Waals surface area contributed by atoms with Crippen LogP contribution in [-0.2, 0) is 4.74 Å². The Bertz CT molecular complexity index is 756. The van der Waals surface area contributed by atoms with Gasteiger partial charge in [-0.1, -0.05) is 11.6 Å². The lowest BCUT2D eigenvalue weighted by atomic mass is 10.1. The summed E-state index contributed by atoms with van der Waals surface area (Å²) in [6, 6.07) is 3.20. The van der Waals surface area contributed by atoms with Gasteiger partial charge in [0.2, 0.25) is 0 Å². The van der Waals surface area contributed by atoms with Gasteiger partial charge in [-0.15, -0.1) is 11.3 Å². The van der Waals surface area contributed by atoms with Crippen LogP contribution in [0.25, 0.3) is 0 Å². The molecule has 2 heterocycles. The Labute approximate surface area is 143 Å². The number of carbonyl (C=O) groups excluding carboxylic acids is 2. The zero-order chi connectivity index (χ0) is 17.1. The number of nitrogens with one attached hydrogen (secondary N) is 1. The first-order chi connectivity index (χ1) is 10.8. The normalized spacial score (nSPS) is 10.7. The van der Waals surface area contributed by atoms with E-state index in [0.717, 1.165) is 10.4 Å². The molecule has 0 radical (unpaired) electrons. The lowest BCUT2D eigenvalue weighted by molar-refractivity contribution is 0.0379. The number of hydrogen-bond donors (Lipinski definition) is 1. The van der Waals surface area contributed by atoms with Crippen LogP contribution < -0.4 is 5.32 Å². The van der Waals surface area contributed by atoms with E-state index in [1.54, 1.807) is 26.0 Å². The number of esters is 1. The molecule has 122 valence electrons. The van der Waals surface area contributed by atoms with Gasteiger partial charge >= 0.3 is 5.97 Å². The fraction of sp³-hybridized carbons (Fsp3) is 0.312. The van der Waals surface area contributed by atoms with E-state index in [4.69, 9.17) is 16.3 Å². The molecule has 1 amide bonds. The molecule has 0 aliphatic carbocycles. The van der Waals surface area contributed by atoms with Gasteiger partial charge in [-0.25, -0.2) is 9.78 Å². The largest absolute Gasteiger partial charge is 0.459 e. The zero-order valence-electron chi connectivity index (χ0n) is 13.3. The molecule has 0 aliphatic rings. The van der Waals surface area contributed by atoms with Crippen LogP contribution in [0.2, 0.25) is 5.15 Å². The molecule has 23 heavy (non-hydrogen) atoms. The SMILES string of the molecule is Cc1sc(NC(=O)c2cccnc2Cl)c(C(=O)OC(C)C)c1C. The molecule has 0 aromatic carbocycles. The first-order valence-corrected chi connectivity index (χ1v) is 8.23. The van der Waals surface area contributed by atoms with E-state index < -0.39 is 11.9 Å². The summed E-state index contributed by atoms with van der Waals surface area (Å²) in [4.78, 5) is 29.5. The third kappa shape index (κ3) is 3.89. The average Bonchev–Trinajstić information content (AvgIpc) is 2.73. The summed E-state index contributed by atoms with van der Waals surface area (Å²) in [6.45, 7) is 7.27. The van der Waals surface area contributed by atoms with Gasteiger partial charge in [0, 0.05) is 11.1 Å². The number of rotatable bonds is 4. The molecule has 0 saturated heterocycles. The highest BCUT2D eigenvalue weighted by molar-refractivity contribution is 7.16. The Morgan fingerprint density at radius 2 is 2.04 bits per heavy atom. The maximum absolute atomic E-state index is 12.4. The summed E-state index contributed by atoms with van der Waals surface area (Å²) in [5.74, 6) is -0.864. The van der Waals surface area contributed by atoms with Crippen LogP contribution in [0.5, 0.6) is 0 Å². The van der Waals surface area contributed by atoms with E-state index in [-0.39, 0.29) is 16.8 Å². The van der Waals surface area contributed by atoms with Crippen molar-refractivity contribution in [3.05, 3.63) is 45.1 Å². The second kappa shape index (κ2) is 7.10. The number of hydrogen-bond acceptors (Lipinski definition) is 5. The molecule has 2 aromatic rings. The van der Waals surface area contributed by atoms with Crippen molar-refractivity contribution in [1.82, 2.24) is 4.98 Å². The standard InChI is InChI=1S/C16H17ClN2O3S/c1-8(2)22-16(21)12-9(3)10(4)23-15(12)19-14(20)11-6-5-7-18-13(11)17/h5-8H,1-4H3,(H,19,20). The number of amides is 1. The zero-order valence-corrected chi connectivity index (χ0v) is 14.8. The number of pyridine rings is 1. The molecule has 0 fully saturated rings. The van der Waals surface area contributed by atoms with Crippen LogP contribution in [-0.4, -0.2) is 23.0 Å². The van der Waals surface area contributed by atoms with Gasteiger partial charge in [0.1, 0.15) is 10.2 Å². The van der Waals surface area contributed by atoms with Gasteiger partial charge in [0.05, 0.1) is 17.2 Å². The van der Waals surface area contributed by atoms with E-state index in [1.807, 2.05) is 13.8 Å². The van der Waals surface area contributed by atoms with E-state index in [0.29, 0.717) is 10.6 Å². The van der Waals surface area contributed by atoms with Gasteiger partial charge in [-0.2, -0.15) is 0 Å². The summed E-state index contributed by atoms with van der Waals surface area (Å²) in [6.07, 6.45) is 1.27. The maximum Gasteiger partial charge on any atom is 0.341 e. The molecule has 7 heteroatoms. The van der Waals surface area contributed by atoms with Crippen LogP contribution in [0.4, 0.5) is 5.00 Å². The van der Waals surface area contributed by atoms with Crippen molar-refractivity contribution in [2.75, 3.05) is 5.32 Å². The van der Waals surface area contributed by atoms with Crippen molar-refractivity contribution in [2.45, 2.75) is 33.8 Å². The molecule has 0 spiro atoms. The minimum absolute atomic E-state index is 0.112. The van der Waals surface area contributed by atoms with Gasteiger partial charge in [-0.3, -0.25) is 4.79 Å². The van der Waals surface area contributed by atoms with Crippen molar-refractivity contribution in [1.29, 1.82) is 0 Å². The Balaban J connectivity index is 2.33. The Kier molecular flexibility index (Phi) is 5.38. The molecule has 2 rings (SSSR count). The quantitative estimate of drug-likeness (QED) is 0.660. The molecule has 0 atom stereocenters. The monoisotopic (exact) mass is 352 g/mol. The Morgan fingerprint density at radius 3 is 2.65 bits per heavy atom. The topological polar surface area (TPSA) is 68.3 Å². The van der Waals surface area contributed by atoms with Crippen LogP contribution in [0.3, 0.4) is 0 Å².